The summed E-state index contributed by atoms with van der Waals surface area (Å²) in [5.41, 5.74) is 3.72. The molecule has 2 N–H and O–H groups in total. The highest BCUT2D eigenvalue weighted by atomic mass is 32.1. The first-order valence-corrected chi connectivity index (χ1v) is 11.6. The van der Waals surface area contributed by atoms with Crippen LogP contribution in [-0.2, 0) is 9.59 Å². The molecule has 3 aromatic rings. The molecule has 5 nitrogen and oxygen atoms in total. The number of dihydropyridines is 1. The molecule has 33 heavy (non-hydrogen) atoms. The Morgan fingerprint density at radius 1 is 1.12 bits per heavy atom. The summed E-state index contributed by atoms with van der Waals surface area (Å²) in [6.07, 6.45) is 2.77. The zero-order valence-corrected chi connectivity index (χ0v) is 18.8. The lowest BCUT2D eigenvalue weighted by molar-refractivity contribution is -0.116. The minimum absolute atomic E-state index is 0.0254. The quantitative estimate of drug-likeness (QED) is 0.557. The number of carbonyl (C=O) groups is 2. The molecule has 1 amide bonds. The number of pyridine rings is 1. The number of rotatable bonds is 4. The predicted octanol–water partition coefficient (Wildman–Crippen LogP) is 5.28. The molecule has 0 bridgehead atoms. The van der Waals surface area contributed by atoms with Gasteiger partial charge in [0.1, 0.15) is 5.82 Å². The smallest absolute Gasteiger partial charge is 0.254 e. The number of amides is 1. The second-order valence-electron chi connectivity index (χ2n) is 8.25. The topological polar surface area (TPSA) is 71.1 Å². The average Bonchev–Trinajstić information content (AvgIpc) is 3.35. The fourth-order valence-corrected chi connectivity index (χ4v) is 5.47. The van der Waals surface area contributed by atoms with Crippen LogP contribution in [0.15, 0.2) is 88.7 Å². The fourth-order valence-electron chi connectivity index (χ4n) is 4.64. The van der Waals surface area contributed by atoms with E-state index >= 15 is 0 Å². The van der Waals surface area contributed by atoms with Crippen LogP contribution in [0.5, 0.6) is 0 Å². The molecule has 1 aromatic carbocycles. The van der Waals surface area contributed by atoms with E-state index in [1.807, 2.05) is 36.6 Å². The number of hydrogen-bond acceptors (Lipinski definition) is 5. The van der Waals surface area contributed by atoms with Crippen molar-refractivity contribution in [2.24, 2.45) is 0 Å². The first-order chi connectivity index (χ1) is 16.0. The Kier molecular flexibility index (Phi) is 5.64. The molecule has 7 heteroatoms. The van der Waals surface area contributed by atoms with Gasteiger partial charge in [-0.25, -0.2) is 4.39 Å². The van der Waals surface area contributed by atoms with Crippen molar-refractivity contribution < 1.29 is 14.0 Å². The lowest BCUT2D eigenvalue weighted by atomic mass is 9.73. The number of halogens is 1. The van der Waals surface area contributed by atoms with Crippen molar-refractivity contribution in [3.05, 3.63) is 105 Å². The zero-order valence-electron chi connectivity index (χ0n) is 18.0. The molecular weight excluding hydrogens is 437 g/mol. The Labute approximate surface area is 195 Å². The fraction of sp³-hybridized carbons (Fsp3) is 0.192. The number of thiophene rings is 1. The van der Waals surface area contributed by atoms with Crippen molar-refractivity contribution in [1.29, 1.82) is 0 Å². The van der Waals surface area contributed by atoms with Crippen molar-refractivity contribution >= 4 is 28.7 Å². The van der Waals surface area contributed by atoms with Gasteiger partial charge in [-0.2, -0.15) is 0 Å². The molecule has 1 aliphatic heterocycles. The van der Waals surface area contributed by atoms with E-state index in [-0.39, 0.29) is 23.4 Å². The minimum atomic E-state index is -0.570. The summed E-state index contributed by atoms with van der Waals surface area (Å²) in [7, 11) is 0. The standard InChI is InChI=1S/C26H22FN3O2S/c1-15-23(26(32)30-18-9-7-17(27)8-10-18)25(19-5-2-3-11-28-19)24-20(29-15)13-16(14-21(24)31)22-6-4-12-33-22/h2-12,16,25,29H,13-14H2,1H3,(H,30,32)/t16-,25-/m1/s1. The van der Waals surface area contributed by atoms with Crippen molar-refractivity contribution in [1.82, 2.24) is 10.3 Å². The molecule has 0 saturated carbocycles. The number of anilines is 1. The molecule has 0 saturated heterocycles. The second kappa shape index (κ2) is 8.75. The number of nitrogens with one attached hydrogen (secondary N) is 2. The minimum Gasteiger partial charge on any atom is -0.362 e. The normalized spacial score (nSPS) is 20.4. The van der Waals surface area contributed by atoms with Crippen LogP contribution < -0.4 is 10.6 Å². The van der Waals surface area contributed by atoms with E-state index in [0.29, 0.717) is 41.1 Å². The summed E-state index contributed by atoms with van der Waals surface area (Å²) in [4.78, 5) is 32.6. The van der Waals surface area contributed by atoms with Crippen LogP contribution in [0, 0.1) is 5.82 Å². The maximum absolute atomic E-state index is 13.5. The highest BCUT2D eigenvalue weighted by molar-refractivity contribution is 7.10. The Hall–Kier alpha value is -3.58. The van der Waals surface area contributed by atoms with Crippen molar-refractivity contribution in [2.45, 2.75) is 31.6 Å². The summed E-state index contributed by atoms with van der Waals surface area (Å²) >= 11 is 1.66. The first-order valence-electron chi connectivity index (χ1n) is 10.8. The zero-order chi connectivity index (χ0) is 22.9. The van der Waals surface area contributed by atoms with Crippen LogP contribution in [0.1, 0.15) is 42.2 Å². The van der Waals surface area contributed by atoms with Gasteiger partial charge in [0.05, 0.1) is 11.6 Å². The van der Waals surface area contributed by atoms with Gasteiger partial charge in [0.25, 0.3) is 5.91 Å². The summed E-state index contributed by atoms with van der Waals surface area (Å²) in [5.74, 6) is -1.15. The number of carbonyl (C=O) groups excluding carboxylic acids is 2. The van der Waals surface area contributed by atoms with Gasteiger partial charge in [0, 0.05) is 51.6 Å². The molecule has 0 radical (unpaired) electrons. The summed E-state index contributed by atoms with van der Waals surface area (Å²) in [6.45, 7) is 1.85. The Bertz CT molecular complexity index is 1260. The molecule has 3 heterocycles. The van der Waals surface area contributed by atoms with Gasteiger partial charge in [-0.1, -0.05) is 12.1 Å². The predicted molar refractivity (Wildman–Crippen MR) is 126 cm³/mol. The van der Waals surface area contributed by atoms with Gasteiger partial charge >= 0.3 is 0 Å². The number of aromatic nitrogens is 1. The van der Waals surface area contributed by atoms with Crippen LogP contribution in [0.3, 0.4) is 0 Å². The van der Waals surface area contributed by atoms with Crippen LogP contribution in [0.4, 0.5) is 10.1 Å². The molecule has 2 atom stereocenters. The molecule has 2 aromatic heterocycles. The highest BCUT2D eigenvalue weighted by Crippen LogP contribution is 2.45. The van der Waals surface area contributed by atoms with Crippen molar-refractivity contribution in [3.8, 4) is 0 Å². The third-order valence-corrected chi connectivity index (χ3v) is 7.14. The third-order valence-electron chi connectivity index (χ3n) is 6.10. The van der Waals surface area contributed by atoms with Crippen LogP contribution in [0.2, 0.25) is 0 Å². The first kappa shape index (κ1) is 21.3. The Morgan fingerprint density at radius 3 is 2.64 bits per heavy atom. The van der Waals surface area contributed by atoms with Crippen molar-refractivity contribution in [2.75, 3.05) is 5.32 Å². The monoisotopic (exact) mass is 459 g/mol. The maximum Gasteiger partial charge on any atom is 0.254 e. The van der Waals surface area contributed by atoms with Gasteiger partial charge in [-0.3, -0.25) is 14.6 Å². The van der Waals surface area contributed by atoms with Crippen LogP contribution >= 0.6 is 11.3 Å². The summed E-state index contributed by atoms with van der Waals surface area (Å²) in [5, 5.41) is 8.23. The van der Waals surface area contributed by atoms with Crippen LogP contribution in [-0.4, -0.2) is 16.7 Å². The van der Waals surface area contributed by atoms with Gasteiger partial charge in [-0.05, 0) is 61.2 Å². The number of Topliss-reactive ketones (excluding diaryl/α,β-unsaturated/α-hetero) is 1. The molecular formula is C26H22FN3O2S. The molecule has 0 spiro atoms. The van der Waals surface area contributed by atoms with Crippen LogP contribution in [0.25, 0.3) is 0 Å². The number of benzene rings is 1. The Morgan fingerprint density at radius 2 is 1.94 bits per heavy atom. The van der Waals surface area contributed by atoms with E-state index in [1.165, 1.54) is 29.1 Å². The molecule has 2 aliphatic rings. The maximum atomic E-state index is 13.5. The Balaban J connectivity index is 1.54. The van der Waals surface area contributed by atoms with E-state index in [9.17, 15) is 14.0 Å². The number of allylic oxidation sites excluding steroid dienone is 3. The third kappa shape index (κ3) is 4.12. The number of ketones is 1. The lowest BCUT2D eigenvalue weighted by Gasteiger charge is -2.36. The second-order valence-corrected chi connectivity index (χ2v) is 9.23. The summed E-state index contributed by atoms with van der Waals surface area (Å²) in [6, 6.07) is 15.2. The summed E-state index contributed by atoms with van der Waals surface area (Å²) < 4.78 is 13.3. The average molecular weight is 460 g/mol. The number of nitrogens with zero attached hydrogens (tertiary/aromatic N) is 1. The molecule has 0 unspecified atom stereocenters. The van der Waals surface area contributed by atoms with E-state index in [2.05, 4.69) is 21.7 Å². The highest BCUT2D eigenvalue weighted by Gasteiger charge is 2.41. The van der Waals surface area contributed by atoms with E-state index in [1.54, 1.807) is 17.5 Å². The van der Waals surface area contributed by atoms with E-state index in [4.69, 9.17) is 0 Å². The molecule has 0 fully saturated rings. The van der Waals surface area contributed by atoms with Gasteiger partial charge in [0.2, 0.25) is 0 Å². The van der Waals surface area contributed by atoms with E-state index < -0.39 is 5.92 Å². The van der Waals surface area contributed by atoms with Gasteiger partial charge in [-0.15, -0.1) is 11.3 Å². The van der Waals surface area contributed by atoms with Gasteiger partial charge < -0.3 is 10.6 Å². The molecule has 1 aliphatic carbocycles. The van der Waals surface area contributed by atoms with Gasteiger partial charge in [0.15, 0.2) is 5.78 Å². The van der Waals surface area contributed by atoms with Crippen molar-refractivity contribution in [3.63, 3.8) is 0 Å². The SMILES string of the molecule is CC1=C(C(=O)Nc2ccc(F)cc2)[C@@H](c2ccccn2)C2=C(C[C@@H](c3cccs3)CC2=O)N1. The largest absolute Gasteiger partial charge is 0.362 e. The number of hydrogen-bond donors (Lipinski definition) is 2. The molecule has 166 valence electrons. The lowest BCUT2D eigenvalue weighted by Crippen LogP contribution is -2.37. The molecule has 5 rings (SSSR count). The van der Waals surface area contributed by atoms with E-state index in [0.717, 1.165) is 5.70 Å².